The lowest BCUT2D eigenvalue weighted by atomic mass is 10.3. The Morgan fingerprint density at radius 1 is 1.28 bits per heavy atom. The summed E-state index contributed by atoms with van der Waals surface area (Å²) in [5.74, 6) is -0.0181. The largest absolute Gasteiger partial charge is 0.308 e. The van der Waals surface area contributed by atoms with Crippen LogP contribution in [0.1, 0.15) is 6.92 Å². The smallest absolute Gasteiger partial charge is 0.238 e. The zero-order chi connectivity index (χ0) is 17.8. The van der Waals surface area contributed by atoms with E-state index in [1.54, 1.807) is 11.6 Å². The minimum atomic E-state index is -0.470. The molecule has 2 heterocycles. The number of rotatable bonds is 5. The van der Waals surface area contributed by atoms with E-state index in [0.29, 0.717) is 10.2 Å². The highest BCUT2D eigenvalue weighted by molar-refractivity contribution is 8.00. The van der Waals surface area contributed by atoms with Crippen LogP contribution in [0.15, 0.2) is 47.8 Å². The Balaban J connectivity index is 1.71. The fraction of sp³-hybridized carbons (Fsp3) is 0.133. The molecular formula is C15H12Cl2N6OS. The number of benzene rings is 1. The van der Waals surface area contributed by atoms with Crippen molar-refractivity contribution in [3.8, 4) is 5.69 Å². The molecule has 0 bridgehead atoms. The van der Waals surface area contributed by atoms with Gasteiger partial charge >= 0.3 is 0 Å². The number of anilines is 1. The molecule has 0 aliphatic carbocycles. The van der Waals surface area contributed by atoms with Gasteiger partial charge in [0.2, 0.25) is 11.1 Å². The zero-order valence-corrected chi connectivity index (χ0v) is 15.3. The van der Waals surface area contributed by atoms with Crippen molar-refractivity contribution in [1.29, 1.82) is 0 Å². The topological polar surface area (TPSA) is 85.6 Å². The van der Waals surface area contributed by atoms with Crippen molar-refractivity contribution in [3.05, 3.63) is 52.6 Å². The minimum absolute atomic E-state index is 0.256. The molecule has 0 aliphatic rings. The molecule has 0 spiro atoms. The van der Waals surface area contributed by atoms with Crippen molar-refractivity contribution < 1.29 is 4.79 Å². The van der Waals surface area contributed by atoms with Gasteiger partial charge in [-0.15, -0.1) is 5.10 Å². The summed E-state index contributed by atoms with van der Waals surface area (Å²) in [7, 11) is 0. The fourth-order valence-electron chi connectivity index (χ4n) is 1.92. The number of carbonyl (C=O) groups is 1. The Morgan fingerprint density at radius 3 is 2.76 bits per heavy atom. The van der Waals surface area contributed by atoms with Gasteiger partial charge in [-0.25, -0.2) is 4.98 Å². The average molecular weight is 395 g/mol. The Labute approximate surface area is 157 Å². The Hall–Kier alpha value is -2.16. The van der Waals surface area contributed by atoms with E-state index in [0.717, 1.165) is 5.69 Å². The molecule has 0 saturated heterocycles. The van der Waals surface area contributed by atoms with E-state index in [9.17, 15) is 4.79 Å². The molecule has 2 aromatic heterocycles. The summed E-state index contributed by atoms with van der Waals surface area (Å²) in [5, 5.41) is 15.0. The molecule has 0 unspecified atom stereocenters. The van der Waals surface area contributed by atoms with E-state index in [-0.39, 0.29) is 16.7 Å². The van der Waals surface area contributed by atoms with Crippen LogP contribution < -0.4 is 5.32 Å². The summed E-state index contributed by atoms with van der Waals surface area (Å²) in [6.07, 6.45) is 1.41. The molecule has 1 N–H and O–H groups in total. The van der Waals surface area contributed by atoms with Crippen molar-refractivity contribution in [2.45, 2.75) is 17.3 Å². The molecular weight excluding hydrogens is 383 g/mol. The van der Waals surface area contributed by atoms with Crippen LogP contribution in [0.2, 0.25) is 10.0 Å². The first kappa shape index (κ1) is 17.7. The second-order valence-corrected chi connectivity index (χ2v) is 7.09. The second-order valence-electron chi connectivity index (χ2n) is 4.94. The molecule has 1 amide bonds. The Morgan fingerprint density at radius 2 is 2.04 bits per heavy atom. The van der Waals surface area contributed by atoms with Crippen LogP contribution in [0.4, 0.5) is 5.82 Å². The first-order chi connectivity index (χ1) is 12.0. The first-order valence-corrected chi connectivity index (χ1v) is 8.80. The third-order valence-corrected chi connectivity index (χ3v) is 4.67. The maximum atomic E-state index is 12.4. The number of halogens is 2. The van der Waals surface area contributed by atoms with Gasteiger partial charge in [-0.3, -0.25) is 4.79 Å². The molecule has 0 saturated carbocycles. The quantitative estimate of drug-likeness (QED) is 0.666. The van der Waals surface area contributed by atoms with E-state index >= 15 is 0 Å². The van der Waals surface area contributed by atoms with Crippen LogP contribution in [-0.4, -0.2) is 36.3 Å². The summed E-state index contributed by atoms with van der Waals surface area (Å²) >= 11 is 13.0. The van der Waals surface area contributed by atoms with Crippen LogP contribution >= 0.6 is 35.0 Å². The van der Waals surface area contributed by atoms with Crippen molar-refractivity contribution in [2.75, 3.05) is 5.32 Å². The summed E-state index contributed by atoms with van der Waals surface area (Å²) in [6.45, 7) is 1.74. The fourth-order valence-corrected chi connectivity index (χ4v) is 3.16. The Bertz CT molecular complexity index is 889. The number of pyridine rings is 1. The molecule has 3 aromatic rings. The van der Waals surface area contributed by atoms with Crippen molar-refractivity contribution in [1.82, 2.24) is 25.2 Å². The summed E-state index contributed by atoms with van der Waals surface area (Å²) in [4.78, 5) is 16.4. The van der Waals surface area contributed by atoms with Gasteiger partial charge in [0.15, 0.2) is 5.82 Å². The third-order valence-electron chi connectivity index (χ3n) is 3.14. The van der Waals surface area contributed by atoms with E-state index in [1.165, 1.54) is 24.0 Å². The summed E-state index contributed by atoms with van der Waals surface area (Å²) < 4.78 is 1.57. The van der Waals surface area contributed by atoms with Gasteiger partial charge in [-0.05, 0) is 35.5 Å². The van der Waals surface area contributed by atoms with Gasteiger partial charge in [0.1, 0.15) is 0 Å². The predicted octanol–water partition coefficient (Wildman–Crippen LogP) is 3.48. The van der Waals surface area contributed by atoms with Crippen LogP contribution in [0.3, 0.4) is 0 Å². The highest BCUT2D eigenvalue weighted by Gasteiger charge is 2.20. The number of carbonyl (C=O) groups excluding carboxylic acids is 1. The van der Waals surface area contributed by atoms with Crippen LogP contribution in [0, 0.1) is 0 Å². The van der Waals surface area contributed by atoms with Crippen molar-refractivity contribution >= 4 is 46.7 Å². The predicted molar refractivity (Wildman–Crippen MR) is 97.4 cm³/mol. The molecule has 7 nitrogen and oxygen atoms in total. The van der Waals surface area contributed by atoms with Gasteiger partial charge in [0, 0.05) is 6.20 Å². The molecule has 0 fully saturated rings. The standard InChI is InChI=1S/C15H12Cl2N6OS/c1-9(14(24)19-13-12(17)7-10(16)8-18-13)25-15-20-21-22-23(15)11-5-3-2-4-6-11/h2-9H,1H3,(H,18,19,24)/t9-/m0/s1. The number of aromatic nitrogens is 5. The van der Waals surface area contributed by atoms with E-state index in [2.05, 4.69) is 25.8 Å². The lowest BCUT2D eigenvalue weighted by molar-refractivity contribution is -0.115. The highest BCUT2D eigenvalue weighted by atomic mass is 35.5. The van der Waals surface area contributed by atoms with Crippen LogP contribution in [0.5, 0.6) is 0 Å². The second kappa shape index (κ2) is 7.81. The maximum Gasteiger partial charge on any atom is 0.238 e. The number of hydrogen-bond donors (Lipinski definition) is 1. The molecule has 128 valence electrons. The van der Waals surface area contributed by atoms with Gasteiger partial charge in [-0.2, -0.15) is 4.68 Å². The van der Waals surface area contributed by atoms with Gasteiger partial charge in [0.25, 0.3) is 0 Å². The maximum absolute atomic E-state index is 12.4. The molecule has 25 heavy (non-hydrogen) atoms. The number of hydrogen-bond acceptors (Lipinski definition) is 6. The summed E-state index contributed by atoms with van der Waals surface area (Å²) in [6, 6.07) is 10.9. The van der Waals surface area contributed by atoms with E-state index < -0.39 is 5.25 Å². The van der Waals surface area contributed by atoms with Gasteiger partial charge in [0.05, 0.1) is 21.0 Å². The molecule has 10 heteroatoms. The molecule has 1 aromatic carbocycles. The van der Waals surface area contributed by atoms with E-state index in [4.69, 9.17) is 23.2 Å². The lowest BCUT2D eigenvalue weighted by Gasteiger charge is -2.12. The number of nitrogens with one attached hydrogen (secondary N) is 1. The third kappa shape index (κ3) is 4.28. The summed E-state index contributed by atoms with van der Waals surface area (Å²) in [5.41, 5.74) is 0.810. The van der Waals surface area contributed by atoms with Gasteiger partial charge < -0.3 is 5.32 Å². The molecule has 0 radical (unpaired) electrons. The van der Waals surface area contributed by atoms with Gasteiger partial charge in [-0.1, -0.05) is 53.2 Å². The minimum Gasteiger partial charge on any atom is -0.308 e. The number of amides is 1. The first-order valence-electron chi connectivity index (χ1n) is 7.17. The van der Waals surface area contributed by atoms with Crippen molar-refractivity contribution in [2.24, 2.45) is 0 Å². The molecule has 0 aliphatic heterocycles. The number of thioether (sulfide) groups is 1. The number of para-hydroxylation sites is 1. The highest BCUT2D eigenvalue weighted by Crippen LogP contribution is 2.26. The number of nitrogens with zero attached hydrogens (tertiary/aromatic N) is 5. The molecule has 3 rings (SSSR count). The SMILES string of the molecule is C[C@H](Sc1nnnn1-c1ccccc1)C(=O)Nc1ncc(Cl)cc1Cl. The monoisotopic (exact) mass is 394 g/mol. The van der Waals surface area contributed by atoms with Crippen molar-refractivity contribution in [3.63, 3.8) is 0 Å². The van der Waals surface area contributed by atoms with E-state index in [1.807, 2.05) is 30.3 Å². The van der Waals surface area contributed by atoms with Crippen LogP contribution in [0.25, 0.3) is 5.69 Å². The van der Waals surface area contributed by atoms with Crippen LogP contribution in [-0.2, 0) is 4.79 Å². The molecule has 1 atom stereocenters. The normalized spacial score (nSPS) is 12.0. The Kier molecular flexibility index (Phi) is 5.52. The lowest BCUT2D eigenvalue weighted by Crippen LogP contribution is -2.23. The number of tetrazole rings is 1. The zero-order valence-electron chi connectivity index (χ0n) is 12.9. The average Bonchev–Trinajstić information content (AvgIpc) is 3.06.